The van der Waals surface area contributed by atoms with Crippen molar-refractivity contribution in [3.8, 4) is 0 Å². The van der Waals surface area contributed by atoms with Crippen molar-refractivity contribution in [1.29, 1.82) is 0 Å². The summed E-state index contributed by atoms with van der Waals surface area (Å²) in [7, 11) is 0. The third-order valence-corrected chi connectivity index (χ3v) is 4.83. The predicted octanol–water partition coefficient (Wildman–Crippen LogP) is 4.66. The zero-order chi connectivity index (χ0) is 14.2. The highest BCUT2D eigenvalue weighted by Crippen LogP contribution is 2.33. The van der Waals surface area contributed by atoms with Gasteiger partial charge in [-0.05, 0) is 47.4 Å². The van der Waals surface area contributed by atoms with Crippen LogP contribution in [0.5, 0.6) is 0 Å². The fourth-order valence-electron chi connectivity index (χ4n) is 2.81. The molecule has 1 unspecified atom stereocenters. The van der Waals surface area contributed by atoms with E-state index in [4.69, 9.17) is 0 Å². The van der Waals surface area contributed by atoms with E-state index in [1.165, 1.54) is 15.6 Å². The number of rotatable bonds is 3. The van der Waals surface area contributed by atoms with E-state index in [9.17, 15) is 5.11 Å². The molecule has 0 saturated heterocycles. The number of aliphatic hydroxyl groups is 1. The largest absolute Gasteiger partial charge is 0.385 e. The summed E-state index contributed by atoms with van der Waals surface area (Å²) in [6, 6.07) is 16.4. The van der Waals surface area contributed by atoms with E-state index in [0.717, 1.165) is 11.1 Å². The Morgan fingerprint density at radius 1 is 1.05 bits per heavy atom. The molecule has 0 fully saturated rings. The lowest BCUT2D eigenvalue weighted by Crippen LogP contribution is -2.25. The van der Waals surface area contributed by atoms with Gasteiger partial charge in [0.05, 0.1) is 5.60 Å². The third-order valence-electron chi connectivity index (χ3n) is 3.82. The quantitative estimate of drug-likeness (QED) is 0.740. The molecule has 0 aliphatic rings. The summed E-state index contributed by atoms with van der Waals surface area (Å²) in [6.45, 7) is 3.96. The standard InChI is InChI=1S/C18H18OS/c1-13-7-3-5-9-16(13)18(2,19)11-14-12-20-17-10-6-4-8-15(14)17/h3-10,12,19H,11H2,1-2H3. The van der Waals surface area contributed by atoms with E-state index in [0.29, 0.717) is 6.42 Å². The molecule has 1 atom stereocenters. The third kappa shape index (κ3) is 2.37. The fraction of sp³-hybridized carbons (Fsp3) is 0.222. The molecule has 3 aromatic rings. The number of benzene rings is 2. The van der Waals surface area contributed by atoms with Crippen LogP contribution in [0.2, 0.25) is 0 Å². The molecule has 1 heterocycles. The molecule has 20 heavy (non-hydrogen) atoms. The number of hydrogen-bond donors (Lipinski definition) is 1. The average molecular weight is 282 g/mol. The van der Waals surface area contributed by atoms with Gasteiger partial charge in [0.15, 0.2) is 0 Å². The molecule has 102 valence electrons. The second-order valence-corrected chi connectivity index (χ2v) is 6.43. The van der Waals surface area contributed by atoms with Crippen molar-refractivity contribution in [3.05, 3.63) is 70.6 Å². The van der Waals surface area contributed by atoms with Gasteiger partial charge in [-0.2, -0.15) is 0 Å². The van der Waals surface area contributed by atoms with Crippen LogP contribution in [-0.4, -0.2) is 5.11 Å². The van der Waals surface area contributed by atoms with E-state index in [-0.39, 0.29) is 0 Å². The molecule has 3 rings (SSSR count). The SMILES string of the molecule is Cc1ccccc1C(C)(O)Cc1csc2ccccc12. The minimum atomic E-state index is -0.838. The van der Waals surface area contributed by atoms with Gasteiger partial charge in [0.25, 0.3) is 0 Å². The first-order valence-electron chi connectivity index (χ1n) is 6.81. The second kappa shape index (κ2) is 5.04. The Hall–Kier alpha value is -1.64. The van der Waals surface area contributed by atoms with E-state index in [1.54, 1.807) is 11.3 Å². The molecule has 0 radical (unpaired) electrons. The van der Waals surface area contributed by atoms with Gasteiger partial charge in [-0.3, -0.25) is 0 Å². The molecule has 0 aliphatic carbocycles. The lowest BCUT2D eigenvalue weighted by molar-refractivity contribution is 0.0574. The first-order valence-corrected chi connectivity index (χ1v) is 7.69. The minimum Gasteiger partial charge on any atom is -0.385 e. The van der Waals surface area contributed by atoms with Gasteiger partial charge in [0.1, 0.15) is 0 Å². The summed E-state index contributed by atoms with van der Waals surface area (Å²) < 4.78 is 1.28. The Morgan fingerprint density at radius 2 is 1.75 bits per heavy atom. The van der Waals surface area contributed by atoms with Crippen LogP contribution in [0.4, 0.5) is 0 Å². The fourth-order valence-corrected chi connectivity index (χ4v) is 3.78. The maximum Gasteiger partial charge on any atom is 0.0911 e. The van der Waals surface area contributed by atoms with Gasteiger partial charge in [0, 0.05) is 11.1 Å². The van der Waals surface area contributed by atoms with E-state index >= 15 is 0 Å². The summed E-state index contributed by atoms with van der Waals surface area (Å²) >= 11 is 1.74. The van der Waals surface area contributed by atoms with Crippen LogP contribution >= 0.6 is 11.3 Å². The monoisotopic (exact) mass is 282 g/mol. The Labute approximate surface area is 123 Å². The maximum atomic E-state index is 10.9. The van der Waals surface area contributed by atoms with Crippen molar-refractivity contribution in [3.63, 3.8) is 0 Å². The minimum absolute atomic E-state index is 0.641. The molecule has 0 saturated carbocycles. The van der Waals surface area contributed by atoms with Crippen molar-refractivity contribution in [2.75, 3.05) is 0 Å². The molecule has 2 aromatic carbocycles. The zero-order valence-electron chi connectivity index (χ0n) is 11.8. The van der Waals surface area contributed by atoms with E-state index in [1.807, 2.05) is 25.1 Å². The number of aryl methyl sites for hydroxylation is 1. The Bertz CT molecular complexity index is 740. The van der Waals surface area contributed by atoms with Crippen molar-refractivity contribution >= 4 is 21.4 Å². The highest BCUT2D eigenvalue weighted by atomic mass is 32.1. The molecule has 0 amide bonds. The van der Waals surface area contributed by atoms with Gasteiger partial charge < -0.3 is 5.11 Å². The zero-order valence-corrected chi connectivity index (χ0v) is 12.6. The summed E-state index contributed by atoms with van der Waals surface area (Å²) in [6.07, 6.45) is 0.641. The van der Waals surface area contributed by atoms with Crippen molar-refractivity contribution in [2.24, 2.45) is 0 Å². The highest BCUT2D eigenvalue weighted by Gasteiger charge is 2.26. The topological polar surface area (TPSA) is 20.2 Å². The Kier molecular flexibility index (Phi) is 3.36. The lowest BCUT2D eigenvalue weighted by Gasteiger charge is -2.25. The first-order chi connectivity index (χ1) is 9.58. The van der Waals surface area contributed by atoms with Gasteiger partial charge in [-0.1, -0.05) is 42.5 Å². The van der Waals surface area contributed by atoms with Gasteiger partial charge in [0.2, 0.25) is 0 Å². The molecule has 1 N–H and O–H groups in total. The van der Waals surface area contributed by atoms with Crippen LogP contribution in [-0.2, 0) is 12.0 Å². The molecule has 0 aliphatic heterocycles. The van der Waals surface area contributed by atoms with Crippen LogP contribution in [0, 0.1) is 6.92 Å². The molecule has 0 bridgehead atoms. The summed E-state index contributed by atoms with van der Waals surface area (Å²) in [5, 5.41) is 14.3. The molecule has 0 spiro atoms. The Balaban J connectivity index is 1.99. The average Bonchev–Trinajstić information content (AvgIpc) is 2.82. The highest BCUT2D eigenvalue weighted by molar-refractivity contribution is 7.17. The molecule has 1 nitrogen and oxygen atoms in total. The van der Waals surface area contributed by atoms with Gasteiger partial charge in [-0.25, -0.2) is 0 Å². The van der Waals surface area contributed by atoms with Crippen LogP contribution in [0.3, 0.4) is 0 Å². The van der Waals surface area contributed by atoms with Gasteiger partial charge >= 0.3 is 0 Å². The normalized spacial score (nSPS) is 14.3. The maximum absolute atomic E-state index is 10.9. The Morgan fingerprint density at radius 3 is 2.55 bits per heavy atom. The van der Waals surface area contributed by atoms with Crippen molar-refractivity contribution in [2.45, 2.75) is 25.9 Å². The van der Waals surface area contributed by atoms with Crippen LogP contribution in [0.25, 0.3) is 10.1 Å². The molecular weight excluding hydrogens is 264 g/mol. The molecule has 1 aromatic heterocycles. The molecular formula is C18H18OS. The number of fused-ring (bicyclic) bond motifs is 1. The van der Waals surface area contributed by atoms with Crippen LogP contribution in [0.1, 0.15) is 23.6 Å². The molecule has 2 heteroatoms. The van der Waals surface area contributed by atoms with Crippen LogP contribution in [0.15, 0.2) is 53.9 Å². The summed E-state index contributed by atoms with van der Waals surface area (Å²) in [5.41, 5.74) is 2.53. The second-order valence-electron chi connectivity index (χ2n) is 5.52. The van der Waals surface area contributed by atoms with E-state index < -0.39 is 5.60 Å². The number of thiophene rings is 1. The summed E-state index contributed by atoms with van der Waals surface area (Å²) in [4.78, 5) is 0. The van der Waals surface area contributed by atoms with E-state index in [2.05, 4.69) is 42.6 Å². The smallest absolute Gasteiger partial charge is 0.0911 e. The van der Waals surface area contributed by atoms with Crippen LogP contribution < -0.4 is 0 Å². The van der Waals surface area contributed by atoms with Crippen molar-refractivity contribution < 1.29 is 5.11 Å². The summed E-state index contributed by atoms with van der Waals surface area (Å²) in [5.74, 6) is 0. The predicted molar refractivity (Wildman–Crippen MR) is 86.3 cm³/mol. The van der Waals surface area contributed by atoms with Gasteiger partial charge in [-0.15, -0.1) is 11.3 Å². The first kappa shape index (κ1) is 13.3. The van der Waals surface area contributed by atoms with Crippen molar-refractivity contribution in [1.82, 2.24) is 0 Å². The number of hydrogen-bond acceptors (Lipinski definition) is 2. The lowest BCUT2D eigenvalue weighted by atomic mass is 9.86.